The lowest BCUT2D eigenvalue weighted by Crippen LogP contribution is -2.57. The average molecular weight is 293 g/mol. The number of carbonyl (C=O) groups excluding carboxylic acids is 2. The smallest absolute Gasteiger partial charge is 0.276 e. The molecule has 1 saturated heterocycles. The summed E-state index contributed by atoms with van der Waals surface area (Å²) in [6.45, 7) is 2.65. The van der Waals surface area contributed by atoms with Crippen LogP contribution in [0.2, 0.25) is 0 Å². The van der Waals surface area contributed by atoms with E-state index in [9.17, 15) is 19.5 Å². The van der Waals surface area contributed by atoms with Crippen LogP contribution >= 0.6 is 0 Å². The molecule has 0 spiro atoms. The van der Waals surface area contributed by atoms with Crippen LogP contribution in [0.3, 0.4) is 0 Å². The summed E-state index contributed by atoms with van der Waals surface area (Å²) in [6, 6.07) is -0.0460. The van der Waals surface area contributed by atoms with E-state index in [1.54, 1.807) is 0 Å². The van der Waals surface area contributed by atoms with E-state index in [0.29, 0.717) is 13.0 Å². The van der Waals surface area contributed by atoms with Crippen molar-refractivity contribution in [3.8, 4) is 5.75 Å². The highest BCUT2D eigenvalue weighted by atomic mass is 16.5. The van der Waals surface area contributed by atoms with E-state index in [4.69, 9.17) is 10.5 Å². The number of rotatable bonds is 1. The molecule has 0 radical (unpaired) electrons. The normalized spacial score (nSPS) is 24.4. The molecule has 3 rings (SSSR count). The van der Waals surface area contributed by atoms with Crippen LogP contribution in [0.1, 0.15) is 34.2 Å². The largest absolute Gasteiger partial charge is 0.503 e. The average Bonchev–Trinajstić information content (AvgIpc) is 2.42. The monoisotopic (exact) mass is 293 g/mol. The van der Waals surface area contributed by atoms with E-state index in [2.05, 4.69) is 0 Å². The maximum Gasteiger partial charge on any atom is 0.276 e. The van der Waals surface area contributed by atoms with Gasteiger partial charge in [0.05, 0.1) is 13.2 Å². The summed E-state index contributed by atoms with van der Waals surface area (Å²) in [5, 5.41) is 9.99. The number of aromatic hydroxyl groups is 1. The van der Waals surface area contributed by atoms with Crippen molar-refractivity contribution in [2.75, 3.05) is 6.61 Å². The fraction of sp³-hybridized carbons (Fsp3) is 0.462. The first-order valence-electron chi connectivity index (χ1n) is 6.62. The molecular weight excluding hydrogens is 278 g/mol. The highest BCUT2D eigenvalue weighted by Crippen LogP contribution is 2.28. The molecule has 3 heterocycles. The fourth-order valence-electron chi connectivity index (χ4n) is 2.83. The number of aromatic nitrogens is 1. The minimum Gasteiger partial charge on any atom is -0.503 e. The van der Waals surface area contributed by atoms with Crippen LogP contribution in [0.4, 0.5) is 0 Å². The molecule has 21 heavy (non-hydrogen) atoms. The summed E-state index contributed by atoms with van der Waals surface area (Å²) in [5.41, 5.74) is 3.72. The molecule has 0 aliphatic carbocycles. The highest BCUT2D eigenvalue weighted by molar-refractivity contribution is 5.98. The van der Waals surface area contributed by atoms with Crippen LogP contribution in [-0.4, -0.2) is 45.3 Å². The molecule has 2 aliphatic heterocycles. The first-order valence-corrected chi connectivity index (χ1v) is 6.62. The molecule has 3 N–H and O–H groups in total. The number of pyridine rings is 1. The topological polar surface area (TPSA) is 115 Å². The SMILES string of the molecule is C[C@@H]1CCO[C@H]2Cn3cc(C(N)=O)c(=O)c(O)c3C(=O)N12. The molecule has 0 unspecified atom stereocenters. The third-order valence-electron chi connectivity index (χ3n) is 3.94. The van der Waals surface area contributed by atoms with Gasteiger partial charge in [0.2, 0.25) is 5.43 Å². The van der Waals surface area contributed by atoms with Crippen molar-refractivity contribution in [3.63, 3.8) is 0 Å². The van der Waals surface area contributed by atoms with Crippen molar-refractivity contribution < 1.29 is 19.4 Å². The van der Waals surface area contributed by atoms with Gasteiger partial charge in [0.25, 0.3) is 11.8 Å². The van der Waals surface area contributed by atoms with Gasteiger partial charge in [-0.1, -0.05) is 0 Å². The van der Waals surface area contributed by atoms with Gasteiger partial charge in [-0.2, -0.15) is 0 Å². The Kier molecular flexibility index (Phi) is 2.98. The lowest BCUT2D eigenvalue weighted by molar-refractivity contribution is -0.112. The first-order chi connectivity index (χ1) is 9.91. The van der Waals surface area contributed by atoms with Gasteiger partial charge in [-0.3, -0.25) is 14.4 Å². The summed E-state index contributed by atoms with van der Waals surface area (Å²) in [4.78, 5) is 37.2. The number of nitrogens with two attached hydrogens (primary N) is 1. The second-order valence-electron chi connectivity index (χ2n) is 5.26. The number of hydrogen-bond donors (Lipinski definition) is 2. The quantitative estimate of drug-likeness (QED) is 0.706. The zero-order chi connectivity index (χ0) is 15.3. The molecule has 0 aromatic carbocycles. The van der Waals surface area contributed by atoms with Crippen molar-refractivity contribution in [1.29, 1.82) is 0 Å². The van der Waals surface area contributed by atoms with Crippen molar-refractivity contribution in [1.82, 2.24) is 9.47 Å². The Morgan fingerprint density at radius 1 is 1.48 bits per heavy atom. The van der Waals surface area contributed by atoms with Gasteiger partial charge in [-0.05, 0) is 13.3 Å². The van der Waals surface area contributed by atoms with Gasteiger partial charge < -0.3 is 25.0 Å². The number of carbonyl (C=O) groups is 2. The second kappa shape index (κ2) is 4.59. The molecule has 8 heteroatoms. The van der Waals surface area contributed by atoms with Crippen LogP contribution in [-0.2, 0) is 11.3 Å². The van der Waals surface area contributed by atoms with E-state index in [0.717, 1.165) is 0 Å². The number of amides is 2. The molecule has 0 saturated carbocycles. The minimum absolute atomic E-state index is 0.0460. The van der Waals surface area contributed by atoms with Gasteiger partial charge in [0.1, 0.15) is 5.56 Å². The van der Waals surface area contributed by atoms with Crippen molar-refractivity contribution in [2.24, 2.45) is 5.73 Å². The fourth-order valence-corrected chi connectivity index (χ4v) is 2.83. The third kappa shape index (κ3) is 1.90. The molecule has 2 aliphatic rings. The van der Waals surface area contributed by atoms with E-state index in [1.165, 1.54) is 15.7 Å². The van der Waals surface area contributed by atoms with Crippen LogP contribution in [0.15, 0.2) is 11.0 Å². The molecule has 2 amide bonds. The maximum absolute atomic E-state index is 12.5. The van der Waals surface area contributed by atoms with Gasteiger partial charge in [-0.15, -0.1) is 0 Å². The zero-order valence-corrected chi connectivity index (χ0v) is 11.4. The Labute approximate surface area is 119 Å². The summed E-state index contributed by atoms with van der Waals surface area (Å²) in [5.74, 6) is -2.17. The summed E-state index contributed by atoms with van der Waals surface area (Å²) < 4.78 is 6.92. The van der Waals surface area contributed by atoms with Gasteiger partial charge in [0.15, 0.2) is 17.7 Å². The zero-order valence-electron chi connectivity index (χ0n) is 11.4. The molecule has 0 bridgehead atoms. The predicted molar refractivity (Wildman–Crippen MR) is 70.9 cm³/mol. The lowest BCUT2D eigenvalue weighted by atomic mass is 10.1. The Bertz CT molecular complexity index is 696. The standard InChI is InChI=1S/C13H15N3O5/c1-6-2-3-21-8-5-15-4-7(12(14)19)10(17)11(18)9(15)13(20)16(6)8/h4,6,8,18H,2-3,5H2,1H3,(H2,14,19)/t6-,8+/m1/s1. The van der Waals surface area contributed by atoms with Crippen LogP contribution in [0.25, 0.3) is 0 Å². The molecule has 112 valence electrons. The molecule has 8 nitrogen and oxygen atoms in total. The summed E-state index contributed by atoms with van der Waals surface area (Å²) in [6.07, 6.45) is 1.42. The van der Waals surface area contributed by atoms with Crippen molar-refractivity contribution >= 4 is 11.8 Å². The Morgan fingerprint density at radius 3 is 2.86 bits per heavy atom. The maximum atomic E-state index is 12.5. The Morgan fingerprint density at radius 2 is 2.19 bits per heavy atom. The van der Waals surface area contributed by atoms with Crippen LogP contribution < -0.4 is 11.2 Å². The minimum atomic E-state index is -0.946. The molecule has 1 aromatic rings. The van der Waals surface area contributed by atoms with Crippen molar-refractivity contribution in [3.05, 3.63) is 27.7 Å². The molecule has 2 atom stereocenters. The molecule has 1 aromatic heterocycles. The van der Waals surface area contributed by atoms with E-state index in [-0.39, 0.29) is 23.8 Å². The predicted octanol–water partition coefficient (Wildman–Crippen LogP) is -0.756. The Balaban J connectivity index is 2.18. The third-order valence-corrected chi connectivity index (χ3v) is 3.94. The molecule has 1 fully saturated rings. The van der Waals surface area contributed by atoms with Crippen LogP contribution in [0, 0.1) is 0 Å². The van der Waals surface area contributed by atoms with Crippen LogP contribution in [0.5, 0.6) is 5.75 Å². The highest BCUT2D eigenvalue weighted by Gasteiger charge is 2.40. The van der Waals surface area contributed by atoms with E-state index >= 15 is 0 Å². The van der Waals surface area contributed by atoms with E-state index < -0.39 is 29.2 Å². The summed E-state index contributed by atoms with van der Waals surface area (Å²) in [7, 11) is 0. The number of nitrogens with zero attached hydrogens (tertiary/aromatic N) is 2. The van der Waals surface area contributed by atoms with Crippen molar-refractivity contribution in [2.45, 2.75) is 32.2 Å². The lowest BCUT2D eigenvalue weighted by Gasteiger charge is -2.44. The number of ether oxygens (including phenoxy) is 1. The van der Waals surface area contributed by atoms with E-state index in [1.807, 2.05) is 6.92 Å². The van der Waals surface area contributed by atoms with Gasteiger partial charge >= 0.3 is 0 Å². The molecular formula is C13H15N3O5. The number of primary amides is 1. The summed E-state index contributed by atoms with van der Waals surface area (Å²) >= 11 is 0. The number of hydrogen-bond acceptors (Lipinski definition) is 5. The van der Waals surface area contributed by atoms with Gasteiger partial charge in [0, 0.05) is 12.2 Å². The second-order valence-corrected chi connectivity index (χ2v) is 5.26. The number of fused-ring (bicyclic) bond motifs is 2. The first kappa shape index (κ1) is 13.6. The Hall–Kier alpha value is -2.35. The van der Waals surface area contributed by atoms with Gasteiger partial charge in [-0.25, -0.2) is 0 Å².